The van der Waals surface area contributed by atoms with E-state index < -0.39 is 0 Å². The fraction of sp³-hybridized carbons (Fsp3) is 0.467. The van der Waals surface area contributed by atoms with E-state index in [9.17, 15) is 9.59 Å². The van der Waals surface area contributed by atoms with Crippen molar-refractivity contribution in [2.24, 2.45) is 0 Å². The smallest absolute Gasteiger partial charge is 0.251 e. The molecule has 0 unspecified atom stereocenters. The Balaban J connectivity index is 2.49. The van der Waals surface area contributed by atoms with Crippen LogP contribution in [0.3, 0.4) is 0 Å². The Hall–Kier alpha value is -1.59. The molecular weight excluding hydrogens is 292 g/mol. The van der Waals surface area contributed by atoms with Crippen LogP contribution in [0.5, 0.6) is 0 Å². The zero-order chi connectivity index (χ0) is 15.7. The third-order valence-corrected chi connectivity index (χ3v) is 3.26. The van der Waals surface area contributed by atoms with E-state index in [-0.39, 0.29) is 31.5 Å². The summed E-state index contributed by atoms with van der Waals surface area (Å²) in [7, 11) is 0. The summed E-state index contributed by atoms with van der Waals surface area (Å²) < 4.78 is 0. The molecule has 21 heavy (non-hydrogen) atoms. The van der Waals surface area contributed by atoms with Crippen molar-refractivity contribution in [2.45, 2.75) is 19.8 Å². The summed E-state index contributed by atoms with van der Waals surface area (Å²) in [5, 5.41) is 12.1. The average Bonchev–Trinajstić information content (AvgIpc) is 2.49. The highest BCUT2D eigenvalue weighted by molar-refractivity contribution is 6.30. The Morgan fingerprint density at radius 1 is 1.24 bits per heavy atom. The van der Waals surface area contributed by atoms with Gasteiger partial charge in [-0.05, 0) is 30.7 Å². The Morgan fingerprint density at radius 2 is 1.90 bits per heavy atom. The van der Waals surface area contributed by atoms with Crippen molar-refractivity contribution in [1.29, 1.82) is 0 Å². The van der Waals surface area contributed by atoms with Crippen LogP contribution in [0.15, 0.2) is 24.3 Å². The van der Waals surface area contributed by atoms with Gasteiger partial charge in [0.2, 0.25) is 5.91 Å². The van der Waals surface area contributed by atoms with Gasteiger partial charge in [-0.25, -0.2) is 0 Å². The van der Waals surface area contributed by atoms with Gasteiger partial charge in [0.15, 0.2) is 0 Å². The molecule has 2 N–H and O–H groups in total. The summed E-state index contributed by atoms with van der Waals surface area (Å²) in [6.07, 6.45) is 1.84. The van der Waals surface area contributed by atoms with Crippen LogP contribution in [-0.4, -0.2) is 48.1 Å². The highest BCUT2D eigenvalue weighted by atomic mass is 35.5. The standard InChI is InChI=1S/C15H21ClN2O3/c1-2-3-8-18(9-10-19)14(20)11-17-15(21)12-4-6-13(16)7-5-12/h4-7,19H,2-3,8-11H2,1H3,(H,17,21). The van der Waals surface area contributed by atoms with Crippen molar-refractivity contribution in [3.05, 3.63) is 34.9 Å². The Bertz CT molecular complexity index is 462. The monoisotopic (exact) mass is 312 g/mol. The molecule has 6 heteroatoms. The first-order valence-electron chi connectivity index (χ1n) is 7.01. The lowest BCUT2D eigenvalue weighted by atomic mass is 10.2. The summed E-state index contributed by atoms with van der Waals surface area (Å²) in [5.41, 5.74) is 0.453. The number of amides is 2. The molecule has 0 atom stereocenters. The second-order valence-electron chi connectivity index (χ2n) is 4.65. The summed E-state index contributed by atoms with van der Waals surface area (Å²) >= 11 is 5.75. The van der Waals surface area contributed by atoms with Gasteiger partial charge in [-0.3, -0.25) is 9.59 Å². The fourth-order valence-corrected chi connectivity index (χ4v) is 1.93. The molecule has 0 aliphatic carbocycles. The number of aliphatic hydroxyl groups is 1. The minimum absolute atomic E-state index is 0.0782. The molecule has 0 spiro atoms. The molecule has 0 aliphatic heterocycles. The number of nitrogens with one attached hydrogen (secondary N) is 1. The van der Waals surface area contributed by atoms with Crippen molar-refractivity contribution in [2.75, 3.05) is 26.2 Å². The number of aliphatic hydroxyl groups excluding tert-OH is 1. The third-order valence-electron chi connectivity index (χ3n) is 3.01. The number of rotatable bonds is 8. The lowest BCUT2D eigenvalue weighted by Crippen LogP contribution is -2.42. The van der Waals surface area contributed by atoms with Gasteiger partial charge in [0.05, 0.1) is 13.2 Å². The number of hydrogen-bond donors (Lipinski definition) is 2. The molecule has 116 valence electrons. The highest BCUT2D eigenvalue weighted by Gasteiger charge is 2.14. The maximum atomic E-state index is 12.0. The molecule has 5 nitrogen and oxygen atoms in total. The van der Waals surface area contributed by atoms with E-state index in [0.29, 0.717) is 17.1 Å². The first kappa shape index (κ1) is 17.5. The van der Waals surface area contributed by atoms with Crippen LogP contribution >= 0.6 is 11.6 Å². The molecule has 0 aromatic heterocycles. The van der Waals surface area contributed by atoms with Gasteiger partial charge in [-0.2, -0.15) is 0 Å². The van der Waals surface area contributed by atoms with E-state index in [1.165, 1.54) is 0 Å². The summed E-state index contributed by atoms with van der Waals surface area (Å²) in [6, 6.07) is 6.45. The molecule has 0 saturated carbocycles. The zero-order valence-electron chi connectivity index (χ0n) is 12.1. The molecule has 0 radical (unpaired) electrons. The van der Waals surface area contributed by atoms with Crippen molar-refractivity contribution in [3.8, 4) is 0 Å². The highest BCUT2D eigenvalue weighted by Crippen LogP contribution is 2.09. The van der Waals surface area contributed by atoms with E-state index in [4.69, 9.17) is 16.7 Å². The maximum absolute atomic E-state index is 12.0. The normalized spacial score (nSPS) is 10.2. The van der Waals surface area contributed by atoms with Gasteiger partial charge in [-0.15, -0.1) is 0 Å². The maximum Gasteiger partial charge on any atom is 0.251 e. The Labute approximate surface area is 129 Å². The topological polar surface area (TPSA) is 69.6 Å². The van der Waals surface area contributed by atoms with Crippen LogP contribution in [0, 0.1) is 0 Å². The van der Waals surface area contributed by atoms with Gasteiger partial charge in [0, 0.05) is 23.7 Å². The lowest BCUT2D eigenvalue weighted by molar-refractivity contribution is -0.130. The SMILES string of the molecule is CCCCN(CCO)C(=O)CNC(=O)c1ccc(Cl)cc1. The summed E-state index contributed by atoms with van der Waals surface area (Å²) in [5.74, 6) is -0.515. The summed E-state index contributed by atoms with van der Waals surface area (Å²) in [6.45, 7) is 2.75. The Kier molecular flexibility index (Phi) is 7.79. The molecule has 0 fully saturated rings. The van der Waals surface area contributed by atoms with Gasteiger partial charge in [0.1, 0.15) is 0 Å². The molecule has 1 aromatic carbocycles. The first-order valence-corrected chi connectivity index (χ1v) is 7.38. The minimum atomic E-state index is -0.320. The Morgan fingerprint density at radius 3 is 2.48 bits per heavy atom. The molecule has 0 aliphatic rings. The van der Waals surface area contributed by atoms with E-state index in [1.54, 1.807) is 29.2 Å². The molecular formula is C15H21ClN2O3. The minimum Gasteiger partial charge on any atom is -0.395 e. The number of benzene rings is 1. The second kappa shape index (κ2) is 9.37. The predicted molar refractivity (Wildman–Crippen MR) is 82.4 cm³/mol. The molecule has 0 bridgehead atoms. The van der Waals surface area contributed by atoms with Gasteiger partial charge >= 0.3 is 0 Å². The largest absolute Gasteiger partial charge is 0.395 e. The predicted octanol–water partition coefficient (Wildman–Crippen LogP) is 1.69. The van der Waals surface area contributed by atoms with Crippen LogP contribution in [0.25, 0.3) is 0 Å². The number of hydrogen-bond acceptors (Lipinski definition) is 3. The van der Waals surface area contributed by atoms with Gasteiger partial charge < -0.3 is 15.3 Å². The van der Waals surface area contributed by atoms with Crippen LogP contribution in [0.4, 0.5) is 0 Å². The number of carbonyl (C=O) groups excluding carboxylic acids is 2. The quantitative estimate of drug-likeness (QED) is 0.767. The van der Waals surface area contributed by atoms with E-state index in [0.717, 1.165) is 12.8 Å². The van der Waals surface area contributed by atoms with Crippen molar-refractivity contribution in [3.63, 3.8) is 0 Å². The molecule has 1 rings (SSSR count). The van der Waals surface area contributed by atoms with Gasteiger partial charge in [0.25, 0.3) is 5.91 Å². The van der Waals surface area contributed by atoms with Crippen LogP contribution in [0.2, 0.25) is 5.02 Å². The molecule has 1 aromatic rings. The number of nitrogens with zero attached hydrogens (tertiary/aromatic N) is 1. The number of halogens is 1. The van der Waals surface area contributed by atoms with Crippen molar-refractivity contribution >= 4 is 23.4 Å². The van der Waals surface area contributed by atoms with Crippen molar-refractivity contribution < 1.29 is 14.7 Å². The number of unbranched alkanes of at least 4 members (excludes halogenated alkanes) is 1. The van der Waals surface area contributed by atoms with Crippen molar-refractivity contribution in [1.82, 2.24) is 10.2 Å². The van der Waals surface area contributed by atoms with E-state index in [1.807, 2.05) is 6.92 Å². The van der Waals surface area contributed by atoms with Gasteiger partial charge in [-0.1, -0.05) is 24.9 Å². The molecule has 0 saturated heterocycles. The summed E-state index contributed by atoms with van der Waals surface area (Å²) in [4.78, 5) is 25.4. The number of carbonyl (C=O) groups is 2. The van der Waals surface area contributed by atoms with Crippen LogP contribution < -0.4 is 5.32 Å². The lowest BCUT2D eigenvalue weighted by Gasteiger charge is -2.21. The van der Waals surface area contributed by atoms with E-state index in [2.05, 4.69) is 5.32 Å². The average molecular weight is 313 g/mol. The molecule has 2 amide bonds. The third kappa shape index (κ3) is 6.14. The molecule has 0 heterocycles. The van der Waals surface area contributed by atoms with Crippen LogP contribution in [0.1, 0.15) is 30.1 Å². The second-order valence-corrected chi connectivity index (χ2v) is 5.08. The van der Waals surface area contributed by atoms with E-state index >= 15 is 0 Å². The fourth-order valence-electron chi connectivity index (χ4n) is 1.80. The van der Waals surface area contributed by atoms with Crippen LogP contribution in [-0.2, 0) is 4.79 Å². The first-order chi connectivity index (χ1) is 10.1. The zero-order valence-corrected chi connectivity index (χ0v) is 12.9.